The number of halogens is 1. The van der Waals surface area contributed by atoms with Gasteiger partial charge in [-0.3, -0.25) is 10.1 Å². The molecule has 5 nitrogen and oxygen atoms in total. The fourth-order valence-electron chi connectivity index (χ4n) is 1.68. The van der Waals surface area contributed by atoms with Gasteiger partial charge in [-0.15, -0.1) is 0 Å². The minimum Gasteiger partial charge on any atom is -0.453 e. The van der Waals surface area contributed by atoms with E-state index in [2.05, 4.69) is 15.4 Å². The first-order valence-electron chi connectivity index (χ1n) is 6.10. The van der Waals surface area contributed by atoms with Crippen molar-refractivity contribution >= 4 is 23.4 Å². The highest BCUT2D eigenvalue weighted by atomic mass is 19.1. The van der Waals surface area contributed by atoms with E-state index in [0.29, 0.717) is 11.4 Å². The molecule has 6 heteroatoms. The predicted octanol–water partition coefficient (Wildman–Crippen LogP) is 3.26. The second-order valence-corrected chi connectivity index (χ2v) is 4.16. The minimum atomic E-state index is -0.608. The van der Waals surface area contributed by atoms with E-state index >= 15 is 0 Å². The highest BCUT2D eigenvalue weighted by molar-refractivity contribution is 6.04. The van der Waals surface area contributed by atoms with Crippen LogP contribution in [0.4, 0.5) is 20.6 Å². The van der Waals surface area contributed by atoms with Crippen molar-refractivity contribution in [2.75, 3.05) is 17.7 Å². The largest absolute Gasteiger partial charge is 0.453 e. The Morgan fingerprint density at radius 1 is 1.00 bits per heavy atom. The van der Waals surface area contributed by atoms with Crippen LogP contribution in [0.15, 0.2) is 48.5 Å². The van der Waals surface area contributed by atoms with Crippen LogP contribution in [-0.4, -0.2) is 19.1 Å². The van der Waals surface area contributed by atoms with Gasteiger partial charge < -0.3 is 10.1 Å². The van der Waals surface area contributed by atoms with Crippen molar-refractivity contribution in [2.45, 2.75) is 0 Å². The molecule has 0 saturated carbocycles. The Kier molecular flexibility index (Phi) is 4.50. The Bertz CT molecular complexity index is 673. The molecule has 0 saturated heterocycles. The molecule has 0 spiro atoms. The molecule has 0 aliphatic rings. The second-order valence-electron chi connectivity index (χ2n) is 4.16. The summed E-state index contributed by atoms with van der Waals surface area (Å²) in [6, 6.07) is 11.9. The summed E-state index contributed by atoms with van der Waals surface area (Å²) in [5.74, 6) is -0.923. The van der Waals surface area contributed by atoms with Gasteiger partial charge in [0.05, 0.1) is 7.11 Å². The predicted molar refractivity (Wildman–Crippen MR) is 76.8 cm³/mol. The molecule has 0 fully saturated rings. The summed E-state index contributed by atoms with van der Waals surface area (Å²) in [7, 11) is 1.25. The van der Waals surface area contributed by atoms with Crippen molar-refractivity contribution in [2.24, 2.45) is 0 Å². The van der Waals surface area contributed by atoms with Gasteiger partial charge in [0.1, 0.15) is 5.82 Å². The van der Waals surface area contributed by atoms with Crippen LogP contribution >= 0.6 is 0 Å². The van der Waals surface area contributed by atoms with Gasteiger partial charge in [-0.1, -0.05) is 12.1 Å². The molecule has 2 aromatic carbocycles. The third-order valence-corrected chi connectivity index (χ3v) is 2.64. The number of anilines is 2. The Morgan fingerprint density at radius 2 is 1.67 bits per heavy atom. The first-order valence-corrected chi connectivity index (χ1v) is 6.10. The van der Waals surface area contributed by atoms with Crippen LogP contribution in [-0.2, 0) is 4.74 Å². The highest BCUT2D eigenvalue weighted by Gasteiger charge is 2.08. The minimum absolute atomic E-state index is 0.210. The first kappa shape index (κ1) is 14.5. The molecule has 0 aliphatic carbocycles. The molecule has 0 aromatic heterocycles. The molecule has 2 amide bonds. The number of hydrogen-bond acceptors (Lipinski definition) is 3. The van der Waals surface area contributed by atoms with Gasteiger partial charge in [0.2, 0.25) is 0 Å². The van der Waals surface area contributed by atoms with Crippen LogP contribution < -0.4 is 10.6 Å². The summed E-state index contributed by atoms with van der Waals surface area (Å²) in [6.07, 6.45) is -0.608. The van der Waals surface area contributed by atoms with Crippen LogP contribution in [0.2, 0.25) is 0 Å². The van der Waals surface area contributed by atoms with Gasteiger partial charge in [-0.05, 0) is 36.4 Å². The van der Waals surface area contributed by atoms with E-state index in [-0.39, 0.29) is 5.56 Å². The van der Waals surface area contributed by atoms with E-state index in [1.165, 1.54) is 25.3 Å². The van der Waals surface area contributed by atoms with Crippen LogP contribution in [0, 0.1) is 5.82 Å². The second kappa shape index (κ2) is 6.51. The zero-order chi connectivity index (χ0) is 15.2. The standard InChI is InChI=1S/C15H13FN2O3/c1-21-15(20)18-13-7-3-6-12(9-13)17-14(19)10-4-2-5-11(16)8-10/h2-9H,1H3,(H,17,19)(H,18,20). The maximum absolute atomic E-state index is 13.1. The molecular formula is C15H13FN2O3. The third kappa shape index (κ3) is 4.04. The van der Waals surface area contributed by atoms with Gasteiger partial charge in [0, 0.05) is 16.9 Å². The number of carbonyl (C=O) groups excluding carboxylic acids is 2. The average molecular weight is 288 g/mol. The number of ether oxygens (including phenoxy) is 1. The van der Waals surface area contributed by atoms with Crippen molar-refractivity contribution in [1.29, 1.82) is 0 Å². The molecule has 2 N–H and O–H groups in total. The molecule has 0 aliphatic heterocycles. The fraction of sp³-hybridized carbons (Fsp3) is 0.0667. The first-order chi connectivity index (χ1) is 10.1. The summed E-state index contributed by atoms with van der Waals surface area (Å²) in [5.41, 5.74) is 1.15. The number of rotatable bonds is 3. The van der Waals surface area contributed by atoms with E-state index in [4.69, 9.17) is 0 Å². The van der Waals surface area contributed by atoms with Crippen molar-refractivity contribution in [1.82, 2.24) is 0 Å². The van der Waals surface area contributed by atoms with Crippen LogP contribution in [0.1, 0.15) is 10.4 Å². The summed E-state index contributed by atoms with van der Waals surface area (Å²) in [4.78, 5) is 23.1. The molecule has 2 rings (SSSR count). The Balaban J connectivity index is 2.11. The Hall–Kier alpha value is -2.89. The van der Waals surface area contributed by atoms with Crippen LogP contribution in [0.3, 0.4) is 0 Å². The zero-order valence-electron chi connectivity index (χ0n) is 11.2. The van der Waals surface area contributed by atoms with E-state index in [1.807, 2.05) is 0 Å². The van der Waals surface area contributed by atoms with Gasteiger partial charge in [-0.2, -0.15) is 0 Å². The SMILES string of the molecule is COC(=O)Nc1cccc(NC(=O)c2cccc(F)c2)c1. The number of benzene rings is 2. The number of methoxy groups -OCH3 is 1. The van der Waals surface area contributed by atoms with E-state index in [1.54, 1.807) is 24.3 Å². The van der Waals surface area contributed by atoms with Gasteiger partial charge in [0.15, 0.2) is 0 Å². The lowest BCUT2D eigenvalue weighted by Crippen LogP contribution is -2.13. The average Bonchev–Trinajstić information content (AvgIpc) is 2.47. The maximum Gasteiger partial charge on any atom is 0.411 e. The number of nitrogens with one attached hydrogen (secondary N) is 2. The molecule has 21 heavy (non-hydrogen) atoms. The van der Waals surface area contributed by atoms with E-state index < -0.39 is 17.8 Å². The normalized spacial score (nSPS) is 9.81. The fourth-order valence-corrected chi connectivity index (χ4v) is 1.68. The zero-order valence-corrected chi connectivity index (χ0v) is 11.2. The monoisotopic (exact) mass is 288 g/mol. The molecule has 2 aromatic rings. The topological polar surface area (TPSA) is 67.4 Å². The smallest absolute Gasteiger partial charge is 0.411 e. The summed E-state index contributed by atoms with van der Waals surface area (Å²) in [5, 5.41) is 5.10. The van der Waals surface area contributed by atoms with E-state index in [0.717, 1.165) is 6.07 Å². The van der Waals surface area contributed by atoms with Crippen molar-refractivity contribution < 1.29 is 18.7 Å². The van der Waals surface area contributed by atoms with Crippen LogP contribution in [0.5, 0.6) is 0 Å². The molecule has 108 valence electrons. The van der Waals surface area contributed by atoms with Crippen molar-refractivity contribution in [3.63, 3.8) is 0 Å². The Labute approximate surface area is 120 Å². The lowest BCUT2D eigenvalue weighted by Gasteiger charge is -2.08. The van der Waals surface area contributed by atoms with Gasteiger partial charge >= 0.3 is 6.09 Å². The number of carbonyl (C=O) groups is 2. The summed E-state index contributed by atoms with van der Waals surface area (Å²) >= 11 is 0. The lowest BCUT2D eigenvalue weighted by atomic mass is 10.2. The van der Waals surface area contributed by atoms with Crippen LogP contribution in [0.25, 0.3) is 0 Å². The summed E-state index contributed by atoms with van der Waals surface area (Å²) < 4.78 is 17.5. The molecule has 0 heterocycles. The quantitative estimate of drug-likeness (QED) is 0.911. The molecule has 0 atom stereocenters. The maximum atomic E-state index is 13.1. The van der Waals surface area contributed by atoms with Crippen molar-refractivity contribution in [3.8, 4) is 0 Å². The van der Waals surface area contributed by atoms with E-state index in [9.17, 15) is 14.0 Å². The molecule has 0 bridgehead atoms. The summed E-state index contributed by atoms with van der Waals surface area (Å²) in [6.45, 7) is 0. The number of hydrogen-bond donors (Lipinski definition) is 2. The highest BCUT2D eigenvalue weighted by Crippen LogP contribution is 2.16. The third-order valence-electron chi connectivity index (χ3n) is 2.64. The molecule has 0 radical (unpaired) electrons. The Morgan fingerprint density at radius 3 is 2.33 bits per heavy atom. The lowest BCUT2D eigenvalue weighted by molar-refractivity contribution is 0.102. The van der Waals surface area contributed by atoms with Gasteiger partial charge in [-0.25, -0.2) is 9.18 Å². The number of amides is 2. The van der Waals surface area contributed by atoms with Crippen molar-refractivity contribution in [3.05, 3.63) is 59.9 Å². The molecular weight excluding hydrogens is 275 g/mol. The van der Waals surface area contributed by atoms with Gasteiger partial charge in [0.25, 0.3) is 5.91 Å². The molecule has 0 unspecified atom stereocenters.